The maximum Gasteiger partial charge on any atom is 0.264 e. The van der Waals surface area contributed by atoms with Crippen LogP contribution >= 0.6 is 11.6 Å². The highest BCUT2D eigenvalue weighted by Crippen LogP contribution is 2.33. The van der Waals surface area contributed by atoms with Gasteiger partial charge < -0.3 is 5.32 Å². The number of halogens is 3. The van der Waals surface area contributed by atoms with Gasteiger partial charge in [-0.2, -0.15) is 10.2 Å². The van der Waals surface area contributed by atoms with E-state index in [9.17, 15) is 13.6 Å². The average Bonchev–Trinajstić information content (AvgIpc) is 3.27. The van der Waals surface area contributed by atoms with Gasteiger partial charge in [-0.25, -0.2) is 18.4 Å². The molecule has 0 aliphatic carbocycles. The molecule has 0 unspecified atom stereocenters. The van der Waals surface area contributed by atoms with Crippen molar-refractivity contribution in [2.24, 2.45) is 7.05 Å². The molecule has 3 heterocycles. The number of fused-ring (bicyclic) bond motifs is 1. The molecule has 4 rings (SSSR count). The fraction of sp³-hybridized carbons (Fsp3) is 0.238. The van der Waals surface area contributed by atoms with E-state index in [0.717, 1.165) is 5.56 Å². The second-order valence-corrected chi connectivity index (χ2v) is 7.69. The first-order chi connectivity index (χ1) is 14.7. The fourth-order valence-corrected chi connectivity index (χ4v) is 3.60. The zero-order chi connectivity index (χ0) is 22.3. The lowest BCUT2D eigenvalue weighted by molar-refractivity contribution is -0.116. The Morgan fingerprint density at radius 2 is 2.03 bits per heavy atom. The van der Waals surface area contributed by atoms with Crippen LogP contribution in [0.3, 0.4) is 0 Å². The van der Waals surface area contributed by atoms with Gasteiger partial charge in [-0.1, -0.05) is 17.7 Å². The number of anilines is 1. The zero-order valence-electron chi connectivity index (χ0n) is 17.0. The molecule has 3 aromatic heterocycles. The van der Waals surface area contributed by atoms with Crippen LogP contribution in [0.5, 0.6) is 0 Å². The van der Waals surface area contributed by atoms with Crippen LogP contribution in [0.4, 0.5) is 14.5 Å². The number of aryl methyl sites for hydroxylation is 3. The third-order valence-corrected chi connectivity index (χ3v) is 5.15. The van der Waals surface area contributed by atoms with Crippen molar-refractivity contribution >= 4 is 34.2 Å². The molecule has 1 aromatic carbocycles. The summed E-state index contributed by atoms with van der Waals surface area (Å²) >= 11 is 6.01. The molecule has 4 aromatic rings. The molecule has 10 heteroatoms. The van der Waals surface area contributed by atoms with Crippen LogP contribution in [0.15, 0.2) is 36.7 Å². The van der Waals surface area contributed by atoms with Crippen molar-refractivity contribution in [2.75, 3.05) is 5.32 Å². The first-order valence-electron chi connectivity index (χ1n) is 9.44. The summed E-state index contributed by atoms with van der Waals surface area (Å²) in [6.45, 7) is 3.27. The molecule has 0 atom stereocenters. The van der Waals surface area contributed by atoms with Crippen LogP contribution in [-0.4, -0.2) is 30.5 Å². The Balaban J connectivity index is 1.74. The number of hydrogen-bond donors (Lipinski definition) is 1. The van der Waals surface area contributed by atoms with Crippen molar-refractivity contribution in [3.63, 3.8) is 0 Å². The lowest BCUT2D eigenvalue weighted by atomic mass is 10.1. The number of nitrogens with zero attached hydrogens (tertiary/aromatic N) is 5. The summed E-state index contributed by atoms with van der Waals surface area (Å²) in [5, 5.41) is 11.9. The Bertz CT molecular complexity index is 1300. The molecule has 1 amide bonds. The Hall–Kier alpha value is -3.33. The standard InChI is InChI=1S/C21H19ClF2N6O/c1-11-4-5-14(22)6-16(11)26-18(31)10-30-21-19(12(2)28-30)15(20(23)24)7-17(27-21)13-8-25-29(3)9-13/h4-9,20H,10H2,1-3H3,(H,26,31). The summed E-state index contributed by atoms with van der Waals surface area (Å²) < 4.78 is 30.6. The van der Waals surface area contributed by atoms with Crippen LogP contribution in [0, 0.1) is 13.8 Å². The van der Waals surface area contributed by atoms with Gasteiger partial charge in [0.15, 0.2) is 5.65 Å². The van der Waals surface area contributed by atoms with Gasteiger partial charge in [0.05, 0.1) is 23.0 Å². The first-order valence-corrected chi connectivity index (χ1v) is 9.82. The largest absolute Gasteiger partial charge is 0.324 e. The van der Waals surface area contributed by atoms with Crippen molar-refractivity contribution in [2.45, 2.75) is 26.8 Å². The van der Waals surface area contributed by atoms with Crippen LogP contribution in [-0.2, 0) is 18.4 Å². The zero-order valence-corrected chi connectivity index (χ0v) is 17.8. The number of benzene rings is 1. The lowest BCUT2D eigenvalue weighted by Crippen LogP contribution is -2.20. The van der Waals surface area contributed by atoms with Gasteiger partial charge in [-0.15, -0.1) is 0 Å². The van der Waals surface area contributed by atoms with E-state index >= 15 is 0 Å². The number of amides is 1. The second kappa shape index (κ2) is 8.07. The number of pyridine rings is 1. The van der Waals surface area contributed by atoms with E-state index in [4.69, 9.17) is 11.6 Å². The SMILES string of the molecule is Cc1ccc(Cl)cc1NC(=O)Cn1nc(C)c2c(C(F)F)cc(-c3cnn(C)c3)nc21. The predicted molar refractivity (Wildman–Crippen MR) is 114 cm³/mol. The topological polar surface area (TPSA) is 77.6 Å². The molecule has 160 valence electrons. The van der Waals surface area contributed by atoms with Crippen LogP contribution < -0.4 is 5.32 Å². The number of aromatic nitrogens is 5. The number of carbonyl (C=O) groups excluding carboxylic acids is 1. The average molecular weight is 445 g/mol. The highest BCUT2D eigenvalue weighted by Gasteiger charge is 2.22. The van der Waals surface area contributed by atoms with Crippen molar-refractivity contribution in [1.82, 2.24) is 24.5 Å². The lowest BCUT2D eigenvalue weighted by Gasteiger charge is -2.10. The van der Waals surface area contributed by atoms with E-state index < -0.39 is 6.43 Å². The highest BCUT2D eigenvalue weighted by atomic mass is 35.5. The number of rotatable bonds is 5. The van der Waals surface area contributed by atoms with Crippen molar-refractivity contribution in [3.05, 3.63) is 58.5 Å². The van der Waals surface area contributed by atoms with Gasteiger partial charge in [0.2, 0.25) is 5.91 Å². The van der Waals surface area contributed by atoms with Gasteiger partial charge in [0.1, 0.15) is 6.54 Å². The predicted octanol–water partition coefficient (Wildman–Crippen LogP) is 4.68. The van der Waals surface area contributed by atoms with Crippen molar-refractivity contribution in [1.29, 1.82) is 0 Å². The third kappa shape index (κ3) is 4.13. The van der Waals surface area contributed by atoms with E-state index in [1.54, 1.807) is 49.2 Å². The molecule has 7 nitrogen and oxygen atoms in total. The van der Waals surface area contributed by atoms with Gasteiger partial charge in [-0.05, 0) is 37.6 Å². The molecule has 0 bridgehead atoms. The number of hydrogen-bond acceptors (Lipinski definition) is 4. The number of alkyl halides is 2. The summed E-state index contributed by atoms with van der Waals surface area (Å²) in [6, 6.07) is 6.52. The molecule has 0 radical (unpaired) electrons. The molecule has 0 aliphatic heterocycles. The molecule has 1 N–H and O–H groups in total. The van der Waals surface area contributed by atoms with Crippen molar-refractivity contribution in [3.8, 4) is 11.3 Å². The summed E-state index contributed by atoms with van der Waals surface area (Å²) in [5.74, 6) is -0.373. The fourth-order valence-electron chi connectivity index (χ4n) is 3.43. The maximum absolute atomic E-state index is 13.8. The minimum absolute atomic E-state index is 0.182. The Kier molecular flexibility index (Phi) is 5.45. The van der Waals surface area contributed by atoms with E-state index in [-0.39, 0.29) is 29.0 Å². The summed E-state index contributed by atoms with van der Waals surface area (Å²) in [5.41, 5.74) is 2.76. The van der Waals surface area contributed by atoms with Crippen LogP contribution in [0.2, 0.25) is 5.02 Å². The molecule has 0 saturated heterocycles. The smallest absolute Gasteiger partial charge is 0.264 e. The quantitative estimate of drug-likeness (QED) is 0.485. The Morgan fingerprint density at radius 1 is 1.26 bits per heavy atom. The summed E-state index contributed by atoms with van der Waals surface area (Å²) in [6.07, 6.45) is 0.511. The van der Waals surface area contributed by atoms with Crippen LogP contribution in [0.1, 0.15) is 23.2 Å². The summed E-state index contributed by atoms with van der Waals surface area (Å²) in [4.78, 5) is 17.2. The molecule has 0 spiro atoms. The monoisotopic (exact) mass is 444 g/mol. The minimum atomic E-state index is -2.72. The molecular weight excluding hydrogens is 426 g/mol. The van der Waals surface area contributed by atoms with Gasteiger partial charge in [0.25, 0.3) is 6.43 Å². The molecule has 0 fully saturated rings. The van der Waals surface area contributed by atoms with Gasteiger partial charge >= 0.3 is 0 Å². The first kappa shape index (κ1) is 20.9. The summed E-state index contributed by atoms with van der Waals surface area (Å²) in [7, 11) is 1.73. The molecule has 31 heavy (non-hydrogen) atoms. The van der Waals surface area contributed by atoms with E-state index in [1.165, 1.54) is 10.7 Å². The highest BCUT2D eigenvalue weighted by molar-refractivity contribution is 6.31. The minimum Gasteiger partial charge on any atom is -0.324 e. The molecule has 0 saturated carbocycles. The number of carbonyl (C=O) groups is 1. The second-order valence-electron chi connectivity index (χ2n) is 7.25. The van der Waals surface area contributed by atoms with Crippen LogP contribution in [0.25, 0.3) is 22.3 Å². The van der Waals surface area contributed by atoms with E-state index in [2.05, 4.69) is 20.5 Å². The Morgan fingerprint density at radius 3 is 2.71 bits per heavy atom. The molecule has 0 aliphatic rings. The van der Waals surface area contributed by atoms with Gasteiger partial charge in [0, 0.05) is 35.1 Å². The molecular formula is C21H19ClF2N6O. The van der Waals surface area contributed by atoms with E-state index in [0.29, 0.717) is 27.7 Å². The Labute approximate surface area is 181 Å². The van der Waals surface area contributed by atoms with Crippen molar-refractivity contribution < 1.29 is 13.6 Å². The normalized spacial score (nSPS) is 11.5. The third-order valence-electron chi connectivity index (χ3n) is 4.91. The van der Waals surface area contributed by atoms with E-state index in [1.807, 2.05) is 6.92 Å². The maximum atomic E-state index is 13.8. The number of nitrogens with one attached hydrogen (secondary N) is 1. The van der Waals surface area contributed by atoms with Gasteiger partial charge in [-0.3, -0.25) is 9.48 Å².